The third-order valence-electron chi connectivity index (χ3n) is 5.06. The second kappa shape index (κ2) is 8.49. The van der Waals surface area contributed by atoms with Gasteiger partial charge in [-0.3, -0.25) is 4.79 Å². The summed E-state index contributed by atoms with van der Waals surface area (Å²) in [5.41, 5.74) is 0.695. The van der Waals surface area contributed by atoms with Gasteiger partial charge in [-0.1, -0.05) is 67.8 Å². The summed E-state index contributed by atoms with van der Waals surface area (Å²) in [7, 11) is -3.60. The van der Waals surface area contributed by atoms with E-state index in [0.717, 1.165) is 25.7 Å². The Hall–Kier alpha value is -2.14. The fourth-order valence-corrected chi connectivity index (χ4v) is 5.23. The van der Waals surface area contributed by atoms with Gasteiger partial charge in [0.2, 0.25) is 5.91 Å². The lowest BCUT2D eigenvalue weighted by molar-refractivity contribution is -0.125. The number of carbonyl (C=O) groups excluding carboxylic acids is 1. The number of carbonyl (C=O) groups is 1. The van der Waals surface area contributed by atoms with E-state index in [9.17, 15) is 13.2 Å². The number of rotatable bonds is 6. The molecule has 0 aliphatic heterocycles. The molecule has 0 spiro atoms. The van der Waals surface area contributed by atoms with Crippen LogP contribution in [0.5, 0.6) is 0 Å². The molecule has 1 aliphatic carbocycles. The zero-order valence-corrected chi connectivity index (χ0v) is 15.6. The first-order valence-electron chi connectivity index (χ1n) is 9.20. The maximum absolute atomic E-state index is 13.2. The lowest BCUT2D eigenvalue weighted by Gasteiger charge is -2.23. The highest BCUT2D eigenvalue weighted by molar-refractivity contribution is 7.91. The van der Waals surface area contributed by atoms with Gasteiger partial charge in [0, 0.05) is 12.5 Å². The van der Waals surface area contributed by atoms with Gasteiger partial charge in [0.05, 0.1) is 4.90 Å². The Morgan fingerprint density at radius 1 is 0.923 bits per heavy atom. The first-order valence-corrected chi connectivity index (χ1v) is 10.8. The van der Waals surface area contributed by atoms with Crippen LogP contribution in [0.4, 0.5) is 0 Å². The van der Waals surface area contributed by atoms with Crippen LogP contribution in [0.2, 0.25) is 0 Å². The summed E-state index contributed by atoms with van der Waals surface area (Å²) < 4.78 is 26.3. The summed E-state index contributed by atoms with van der Waals surface area (Å²) in [4.78, 5) is 12.8. The Balaban J connectivity index is 1.81. The van der Waals surface area contributed by atoms with Crippen molar-refractivity contribution in [2.45, 2.75) is 42.2 Å². The molecule has 1 N–H and O–H groups in total. The van der Waals surface area contributed by atoms with Crippen molar-refractivity contribution in [3.05, 3.63) is 66.2 Å². The molecule has 1 atom stereocenters. The molecule has 1 fully saturated rings. The summed E-state index contributed by atoms with van der Waals surface area (Å²) >= 11 is 0. The highest BCUT2D eigenvalue weighted by Crippen LogP contribution is 2.29. The fraction of sp³-hybridized carbons (Fsp3) is 0.381. The van der Waals surface area contributed by atoms with Crippen LogP contribution in [0.3, 0.4) is 0 Å². The van der Waals surface area contributed by atoms with Crippen LogP contribution >= 0.6 is 0 Å². The summed E-state index contributed by atoms with van der Waals surface area (Å²) in [6.45, 7) is 0.0938. The molecule has 26 heavy (non-hydrogen) atoms. The van der Waals surface area contributed by atoms with Crippen molar-refractivity contribution in [3.63, 3.8) is 0 Å². The maximum Gasteiger partial charge on any atom is 0.223 e. The fourth-order valence-electron chi connectivity index (χ4n) is 3.55. The number of amides is 1. The van der Waals surface area contributed by atoms with E-state index >= 15 is 0 Å². The third kappa shape index (κ3) is 4.33. The minimum atomic E-state index is -3.60. The van der Waals surface area contributed by atoms with E-state index in [-0.39, 0.29) is 23.3 Å². The molecule has 0 aromatic heterocycles. The van der Waals surface area contributed by atoms with Crippen LogP contribution in [0.15, 0.2) is 65.6 Å². The molecule has 0 heterocycles. The summed E-state index contributed by atoms with van der Waals surface area (Å²) in [5.74, 6) is -0.00602. The number of sulfone groups is 1. The number of hydrogen-bond acceptors (Lipinski definition) is 3. The number of benzene rings is 2. The van der Waals surface area contributed by atoms with E-state index in [2.05, 4.69) is 5.32 Å². The van der Waals surface area contributed by atoms with E-state index in [1.54, 1.807) is 42.5 Å². The maximum atomic E-state index is 13.2. The second-order valence-corrected chi connectivity index (χ2v) is 8.97. The van der Waals surface area contributed by atoms with E-state index in [0.29, 0.717) is 5.56 Å². The monoisotopic (exact) mass is 371 g/mol. The number of nitrogens with one attached hydrogen (secondary N) is 1. The van der Waals surface area contributed by atoms with Gasteiger partial charge in [-0.25, -0.2) is 8.42 Å². The van der Waals surface area contributed by atoms with Crippen molar-refractivity contribution in [2.24, 2.45) is 5.92 Å². The largest absolute Gasteiger partial charge is 0.354 e. The van der Waals surface area contributed by atoms with Crippen LogP contribution in [0.25, 0.3) is 0 Å². The lowest BCUT2D eigenvalue weighted by atomic mass is 9.88. The van der Waals surface area contributed by atoms with E-state index in [1.807, 2.05) is 18.2 Å². The quantitative estimate of drug-likeness (QED) is 0.838. The summed E-state index contributed by atoms with van der Waals surface area (Å²) in [6, 6.07) is 17.6. The predicted octanol–water partition coefficient (Wildman–Crippen LogP) is 3.90. The zero-order chi connectivity index (χ0) is 18.4. The summed E-state index contributed by atoms with van der Waals surface area (Å²) in [5, 5.41) is 2.12. The molecule has 0 bridgehead atoms. The minimum Gasteiger partial charge on any atom is -0.354 e. The highest BCUT2D eigenvalue weighted by atomic mass is 32.2. The van der Waals surface area contributed by atoms with Gasteiger partial charge in [0.25, 0.3) is 0 Å². The molecule has 2 aromatic carbocycles. The molecule has 1 saturated carbocycles. The van der Waals surface area contributed by atoms with Gasteiger partial charge < -0.3 is 5.32 Å². The van der Waals surface area contributed by atoms with Gasteiger partial charge in [-0.15, -0.1) is 0 Å². The highest BCUT2D eigenvalue weighted by Gasteiger charge is 2.30. The molecular weight excluding hydrogens is 346 g/mol. The number of hydrogen-bond donors (Lipinski definition) is 1. The normalized spacial score (nSPS) is 16.8. The van der Waals surface area contributed by atoms with Crippen LogP contribution in [0, 0.1) is 5.92 Å². The van der Waals surface area contributed by atoms with Crippen molar-refractivity contribution in [1.82, 2.24) is 5.32 Å². The molecule has 0 radical (unpaired) electrons. The van der Waals surface area contributed by atoms with E-state index in [4.69, 9.17) is 0 Å². The van der Waals surface area contributed by atoms with Crippen LogP contribution in [-0.4, -0.2) is 20.9 Å². The molecule has 1 aliphatic rings. The van der Waals surface area contributed by atoms with Crippen molar-refractivity contribution in [1.29, 1.82) is 0 Å². The average Bonchev–Trinajstić information content (AvgIpc) is 2.70. The molecule has 138 valence electrons. The van der Waals surface area contributed by atoms with Crippen molar-refractivity contribution in [2.75, 3.05) is 6.54 Å². The zero-order valence-electron chi connectivity index (χ0n) is 14.8. The van der Waals surface area contributed by atoms with E-state index in [1.165, 1.54) is 6.42 Å². The van der Waals surface area contributed by atoms with Gasteiger partial charge in [0.15, 0.2) is 9.84 Å². The van der Waals surface area contributed by atoms with Crippen LogP contribution in [-0.2, 0) is 14.6 Å². The molecule has 2 aromatic rings. The topological polar surface area (TPSA) is 63.2 Å². The first-order chi connectivity index (χ1) is 12.6. The van der Waals surface area contributed by atoms with Crippen molar-refractivity contribution >= 4 is 15.7 Å². The molecule has 5 heteroatoms. The third-order valence-corrected chi connectivity index (χ3v) is 7.17. The standard InChI is InChI=1S/C21H25NO3S/c23-21(18-12-6-2-7-13-18)22-16-20(17-10-4-1-5-11-17)26(24,25)19-14-8-3-9-15-19/h1,3-5,8-11,14-15,18,20H,2,6-7,12-13,16H2,(H,22,23)/t20-/m1/s1. The Bertz CT molecular complexity index is 813. The van der Waals surface area contributed by atoms with Crippen LogP contribution in [0.1, 0.15) is 42.9 Å². The lowest BCUT2D eigenvalue weighted by Crippen LogP contribution is -2.36. The Morgan fingerprint density at radius 3 is 2.12 bits per heavy atom. The molecular formula is C21H25NO3S. The molecule has 3 rings (SSSR count). The van der Waals surface area contributed by atoms with Gasteiger partial charge in [-0.2, -0.15) is 0 Å². The second-order valence-electron chi connectivity index (χ2n) is 6.84. The smallest absolute Gasteiger partial charge is 0.223 e. The Morgan fingerprint density at radius 2 is 1.50 bits per heavy atom. The molecule has 1 amide bonds. The van der Waals surface area contributed by atoms with Crippen molar-refractivity contribution < 1.29 is 13.2 Å². The van der Waals surface area contributed by atoms with Gasteiger partial charge in [0.1, 0.15) is 5.25 Å². The Labute approximate surface area is 155 Å². The van der Waals surface area contributed by atoms with Crippen molar-refractivity contribution in [3.8, 4) is 0 Å². The average molecular weight is 372 g/mol. The first kappa shape index (κ1) is 18.6. The van der Waals surface area contributed by atoms with Gasteiger partial charge in [-0.05, 0) is 30.5 Å². The minimum absolute atomic E-state index is 0.0135. The molecule has 4 nitrogen and oxygen atoms in total. The van der Waals surface area contributed by atoms with Gasteiger partial charge >= 0.3 is 0 Å². The Kier molecular flexibility index (Phi) is 6.09. The molecule has 0 unspecified atom stereocenters. The molecule has 0 saturated heterocycles. The predicted molar refractivity (Wildman–Crippen MR) is 102 cm³/mol. The van der Waals surface area contributed by atoms with Crippen LogP contribution < -0.4 is 5.32 Å². The van der Waals surface area contributed by atoms with E-state index < -0.39 is 15.1 Å². The SMILES string of the molecule is O=C(NC[C@H](c1ccccc1)S(=O)(=O)c1ccccc1)C1CCCCC1. The summed E-state index contributed by atoms with van der Waals surface area (Å²) in [6.07, 6.45) is 5.12.